The van der Waals surface area contributed by atoms with Crippen LogP contribution in [-0.2, 0) is 23.9 Å². The molecule has 2 amide bonds. The van der Waals surface area contributed by atoms with Crippen molar-refractivity contribution in [2.24, 2.45) is 11.3 Å². The third kappa shape index (κ3) is 11.5. The molecule has 1 aliphatic heterocycles. The van der Waals surface area contributed by atoms with Gasteiger partial charge in [0.15, 0.2) is 5.79 Å². The summed E-state index contributed by atoms with van der Waals surface area (Å²) in [5, 5.41) is 16.1. The zero-order chi connectivity index (χ0) is 32.2. The number of hydrogen-bond donors (Lipinski definition) is 3. The Morgan fingerprint density at radius 3 is 2.27 bits per heavy atom. The predicted molar refractivity (Wildman–Crippen MR) is 173 cm³/mol. The lowest BCUT2D eigenvalue weighted by molar-refractivity contribution is -0.304. The van der Waals surface area contributed by atoms with Crippen LogP contribution in [0.25, 0.3) is 0 Å². The Morgan fingerprint density at radius 2 is 1.61 bits per heavy atom. The van der Waals surface area contributed by atoms with E-state index in [1.807, 2.05) is 44.2 Å². The van der Waals surface area contributed by atoms with E-state index in [4.69, 9.17) is 9.47 Å². The molecular formula is C36H58N2O6. The van der Waals surface area contributed by atoms with Crippen molar-refractivity contribution in [2.75, 3.05) is 6.61 Å². The molecule has 2 fully saturated rings. The lowest BCUT2D eigenvalue weighted by Crippen LogP contribution is -2.59. The Kier molecular flexibility index (Phi) is 14.2. The molecular weight excluding hydrogens is 556 g/mol. The second-order valence-electron chi connectivity index (χ2n) is 14.2. The average molecular weight is 615 g/mol. The first-order valence-electron chi connectivity index (χ1n) is 17.1. The van der Waals surface area contributed by atoms with Crippen LogP contribution in [-0.4, -0.2) is 53.5 Å². The molecule has 3 N–H and O–H groups in total. The molecule has 1 aromatic carbocycles. The third-order valence-corrected chi connectivity index (χ3v) is 9.36. The largest absolute Gasteiger partial charge is 0.481 e. The van der Waals surface area contributed by atoms with Gasteiger partial charge in [0.05, 0.1) is 18.9 Å². The van der Waals surface area contributed by atoms with Crippen LogP contribution >= 0.6 is 0 Å². The molecule has 248 valence electrons. The molecule has 1 saturated heterocycles. The number of nitrogens with one attached hydrogen (secondary N) is 2. The molecule has 1 heterocycles. The summed E-state index contributed by atoms with van der Waals surface area (Å²) in [5.41, 5.74) is 0.483. The van der Waals surface area contributed by atoms with E-state index in [1.165, 1.54) is 38.5 Å². The van der Waals surface area contributed by atoms with Crippen molar-refractivity contribution in [3.05, 3.63) is 35.9 Å². The zero-order valence-electron chi connectivity index (χ0n) is 27.9. The average Bonchev–Trinajstić information content (AvgIpc) is 2.97. The molecule has 5 unspecified atom stereocenters. The normalized spacial score (nSPS) is 24.2. The number of carbonyl (C=O) groups excluding carboxylic acids is 2. The van der Waals surface area contributed by atoms with E-state index in [1.54, 1.807) is 13.8 Å². The standard InChI is InChI=1S/C36H58N2O6/c1-6-7-8-9-10-11-12-16-22-29(26-18-14-13-15-19-26)33(41)37-28-21-17-20-27(23-28)30(24-31(39)40)38-34(42)32-35(2,3)25-43-36(4,5)44-32/h13-15,18-19,27-30,32H,6-12,16-17,20-25H2,1-5H3,(H,37,41)(H,38,42)(H,39,40). The van der Waals surface area contributed by atoms with Gasteiger partial charge in [0.2, 0.25) is 11.8 Å². The first-order chi connectivity index (χ1) is 20.9. The molecule has 0 aromatic heterocycles. The van der Waals surface area contributed by atoms with Crippen LogP contribution in [0.5, 0.6) is 0 Å². The fourth-order valence-electron chi connectivity index (χ4n) is 6.75. The summed E-state index contributed by atoms with van der Waals surface area (Å²) in [6.07, 6.45) is 12.8. The van der Waals surface area contributed by atoms with Crippen LogP contribution < -0.4 is 10.6 Å². The summed E-state index contributed by atoms with van der Waals surface area (Å²) in [7, 11) is 0. The Balaban J connectivity index is 1.61. The molecule has 1 saturated carbocycles. The minimum atomic E-state index is -0.955. The summed E-state index contributed by atoms with van der Waals surface area (Å²) < 4.78 is 11.8. The number of aliphatic carboxylic acids is 1. The van der Waals surface area contributed by atoms with Gasteiger partial charge in [-0.05, 0) is 51.0 Å². The first kappa shape index (κ1) is 36.0. The second kappa shape index (κ2) is 17.3. The number of carbonyl (C=O) groups is 3. The van der Waals surface area contributed by atoms with Crippen LogP contribution in [0.3, 0.4) is 0 Å². The van der Waals surface area contributed by atoms with Crippen LogP contribution in [0.2, 0.25) is 0 Å². The van der Waals surface area contributed by atoms with Gasteiger partial charge in [0, 0.05) is 17.5 Å². The highest BCUT2D eigenvalue weighted by Crippen LogP contribution is 2.36. The van der Waals surface area contributed by atoms with Gasteiger partial charge < -0.3 is 25.2 Å². The summed E-state index contributed by atoms with van der Waals surface area (Å²) in [4.78, 5) is 39.1. The van der Waals surface area contributed by atoms with Crippen molar-refractivity contribution >= 4 is 17.8 Å². The number of hydrogen-bond acceptors (Lipinski definition) is 5. The Labute approximate surface area is 265 Å². The fraction of sp³-hybridized carbons (Fsp3) is 0.750. The van der Waals surface area contributed by atoms with Crippen molar-refractivity contribution in [3.8, 4) is 0 Å². The van der Waals surface area contributed by atoms with E-state index >= 15 is 0 Å². The minimum absolute atomic E-state index is 0.0446. The highest BCUT2D eigenvalue weighted by Gasteiger charge is 2.46. The molecule has 0 radical (unpaired) electrons. The molecule has 1 aromatic rings. The molecule has 2 aliphatic rings. The van der Waals surface area contributed by atoms with E-state index in [0.29, 0.717) is 13.0 Å². The molecule has 8 nitrogen and oxygen atoms in total. The van der Waals surface area contributed by atoms with E-state index in [2.05, 4.69) is 17.6 Å². The highest BCUT2D eigenvalue weighted by molar-refractivity contribution is 5.84. The number of rotatable bonds is 17. The van der Waals surface area contributed by atoms with E-state index in [-0.39, 0.29) is 36.1 Å². The van der Waals surface area contributed by atoms with Crippen molar-refractivity contribution in [2.45, 2.75) is 154 Å². The molecule has 0 bridgehead atoms. The maximum absolute atomic E-state index is 13.7. The lowest BCUT2D eigenvalue weighted by Gasteiger charge is -2.45. The Morgan fingerprint density at radius 1 is 0.955 bits per heavy atom. The smallest absolute Gasteiger partial charge is 0.305 e. The first-order valence-corrected chi connectivity index (χ1v) is 17.1. The summed E-state index contributed by atoms with van der Waals surface area (Å²) in [6.45, 7) is 10.00. The van der Waals surface area contributed by atoms with Crippen LogP contribution in [0, 0.1) is 11.3 Å². The number of ether oxygens (including phenoxy) is 2. The monoisotopic (exact) mass is 614 g/mol. The van der Waals surface area contributed by atoms with Crippen molar-refractivity contribution in [1.82, 2.24) is 10.6 Å². The Bertz CT molecular complexity index is 1040. The maximum Gasteiger partial charge on any atom is 0.305 e. The van der Waals surface area contributed by atoms with Crippen molar-refractivity contribution < 1.29 is 29.0 Å². The van der Waals surface area contributed by atoms with Gasteiger partial charge in [-0.3, -0.25) is 14.4 Å². The maximum atomic E-state index is 13.7. The van der Waals surface area contributed by atoms with E-state index in [0.717, 1.165) is 44.1 Å². The minimum Gasteiger partial charge on any atom is -0.481 e. The van der Waals surface area contributed by atoms with E-state index < -0.39 is 29.3 Å². The lowest BCUT2D eigenvalue weighted by atomic mass is 9.79. The van der Waals surface area contributed by atoms with Gasteiger partial charge in [-0.15, -0.1) is 0 Å². The number of carboxylic acids is 1. The molecule has 3 rings (SSSR count). The van der Waals surface area contributed by atoms with Crippen molar-refractivity contribution in [1.29, 1.82) is 0 Å². The number of amides is 2. The van der Waals surface area contributed by atoms with Gasteiger partial charge in [0.25, 0.3) is 0 Å². The SMILES string of the molecule is CCCCCCCCCCC(C(=O)NC1CCCC(C(CC(=O)O)NC(=O)C2OC(C)(C)OCC2(C)C)C1)c1ccccc1. The molecule has 5 atom stereocenters. The van der Waals surface area contributed by atoms with Gasteiger partial charge in [-0.2, -0.15) is 0 Å². The molecule has 44 heavy (non-hydrogen) atoms. The van der Waals surface area contributed by atoms with Gasteiger partial charge in [-0.25, -0.2) is 0 Å². The van der Waals surface area contributed by atoms with Crippen LogP contribution in [0.4, 0.5) is 0 Å². The van der Waals surface area contributed by atoms with Gasteiger partial charge in [-0.1, -0.05) is 109 Å². The summed E-state index contributed by atoms with van der Waals surface area (Å²) >= 11 is 0. The second-order valence-corrected chi connectivity index (χ2v) is 14.2. The van der Waals surface area contributed by atoms with Crippen molar-refractivity contribution in [3.63, 3.8) is 0 Å². The third-order valence-electron chi connectivity index (χ3n) is 9.36. The quantitative estimate of drug-likeness (QED) is 0.161. The predicted octanol–water partition coefficient (Wildman–Crippen LogP) is 7.11. The topological polar surface area (TPSA) is 114 Å². The van der Waals surface area contributed by atoms with Gasteiger partial charge >= 0.3 is 5.97 Å². The highest BCUT2D eigenvalue weighted by atomic mass is 16.7. The Hall–Kier alpha value is -2.45. The number of carboxylic acid groups (broad SMARTS) is 1. The number of benzene rings is 1. The molecule has 8 heteroatoms. The fourth-order valence-corrected chi connectivity index (χ4v) is 6.75. The van der Waals surface area contributed by atoms with E-state index in [9.17, 15) is 19.5 Å². The zero-order valence-corrected chi connectivity index (χ0v) is 27.9. The van der Waals surface area contributed by atoms with Crippen LogP contribution in [0.1, 0.15) is 136 Å². The number of unbranched alkanes of at least 4 members (excludes halogenated alkanes) is 7. The molecule has 1 aliphatic carbocycles. The van der Waals surface area contributed by atoms with Crippen LogP contribution in [0.15, 0.2) is 30.3 Å². The summed E-state index contributed by atoms with van der Waals surface area (Å²) in [6, 6.07) is 9.43. The molecule has 0 spiro atoms. The van der Waals surface area contributed by atoms with Gasteiger partial charge in [0.1, 0.15) is 6.10 Å². The summed E-state index contributed by atoms with van der Waals surface area (Å²) in [5.74, 6) is -2.38.